The van der Waals surface area contributed by atoms with Crippen LogP contribution in [-0.4, -0.2) is 12.0 Å². The van der Waals surface area contributed by atoms with Crippen LogP contribution in [0.1, 0.15) is 13.3 Å². The van der Waals surface area contributed by atoms with E-state index in [9.17, 15) is 9.18 Å². The molecular formula is C22H20FNO3. The highest BCUT2D eigenvalue weighted by Crippen LogP contribution is 2.29. The van der Waals surface area contributed by atoms with Crippen LogP contribution in [0.25, 0.3) is 0 Å². The van der Waals surface area contributed by atoms with Gasteiger partial charge in [-0.15, -0.1) is 0 Å². The van der Waals surface area contributed by atoms with Crippen LogP contribution < -0.4 is 14.8 Å². The van der Waals surface area contributed by atoms with Gasteiger partial charge in [0.15, 0.2) is 11.9 Å². The summed E-state index contributed by atoms with van der Waals surface area (Å²) < 4.78 is 24.6. The summed E-state index contributed by atoms with van der Waals surface area (Å²) in [5.41, 5.74) is 0.549. The Hall–Kier alpha value is -3.34. The maximum Gasteiger partial charge on any atom is 0.265 e. The fraction of sp³-hybridized carbons (Fsp3) is 0.136. The molecule has 3 rings (SSSR count). The molecule has 0 fully saturated rings. The fourth-order valence-corrected chi connectivity index (χ4v) is 2.49. The molecule has 4 nitrogen and oxygen atoms in total. The lowest BCUT2D eigenvalue weighted by molar-refractivity contribution is -0.122. The SMILES string of the molecule is CC[C@H](Oc1ccc(F)cc1)C(=O)Nc1ccccc1Oc1ccccc1. The van der Waals surface area contributed by atoms with E-state index in [1.54, 1.807) is 12.1 Å². The van der Waals surface area contributed by atoms with Crippen LogP contribution in [0, 0.1) is 5.82 Å². The number of amides is 1. The second kappa shape index (κ2) is 8.85. The number of benzene rings is 3. The van der Waals surface area contributed by atoms with Gasteiger partial charge in [-0.05, 0) is 55.0 Å². The normalized spacial score (nSPS) is 11.5. The van der Waals surface area contributed by atoms with Gasteiger partial charge in [-0.25, -0.2) is 4.39 Å². The van der Waals surface area contributed by atoms with Gasteiger partial charge in [0.1, 0.15) is 17.3 Å². The van der Waals surface area contributed by atoms with Gasteiger partial charge in [-0.2, -0.15) is 0 Å². The number of carbonyl (C=O) groups excluding carboxylic acids is 1. The molecule has 138 valence electrons. The van der Waals surface area contributed by atoms with Crippen molar-refractivity contribution in [3.05, 3.63) is 84.7 Å². The van der Waals surface area contributed by atoms with Gasteiger partial charge < -0.3 is 14.8 Å². The van der Waals surface area contributed by atoms with Crippen LogP contribution in [0.2, 0.25) is 0 Å². The number of nitrogens with one attached hydrogen (secondary N) is 1. The Morgan fingerprint density at radius 3 is 2.30 bits per heavy atom. The van der Waals surface area contributed by atoms with Crippen molar-refractivity contribution in [3.63, 3.8) is 0 Å². The van der Waals surface area contributed by atoms with Gasteiger partial charge in [0.05, 0.1) is 5.69 Å². The zero-order valence-corrected chi connectivity index (χ0v) is 14.9. The number of halogens is 1. The zero-order chi connectivity index (χ0) is 19.1. The predicted molar refractivity (Wildman–Crippen MR) is 103 cm³/mol. The molecule has 0 radical (unpaired) electrons. The number of ether oxygens (including phenoxy) is 2. The van der Waals surface area contributed by atoms with Crippen molar-refractivity contribution in [2.45, 2.75) is 19.4 Å². The highest BCUT2D eigenvalue weighted by Gasteiger charge is 2.20. The van der Waals surface area contributed by atoms with E-state index >= 15 is 0 Å². The summed E-state index contributed by atoms with van der Waals surface area (Å²) in [5.74, 6) is 0.993. The van der Waals surface area contributed by atoms with Gasteiger partial charge in [0, 0.05) is 0 Å². The molecule has 0 aliphatic rings. The van der Waals surface area contributed by atoms with Crippen LogP contribution in [0.3, 0.4) is 0 Å². The van der Waals surface area contributed by atoms with E-state index in [1.807, 2.05) is 49.4 Å². The summed E-state index contributed by atoms with van der Waals surface area (Å²) in [6, 6.07) is 22.1. The third-order valence-corrected chi connectivity index (χ3v) is 3.87. The fourth-order valence-electron chi connectivity index (χ4n) is 2.49. The predicted octanol–water partition coefficient (Wildman–Crippen LogP) is 5.41. The van der Waals surface area contributed by atoms with E-state index in [0.717, 1.165) is 0 Å². The van der Waals surface area contributed by atoms with E-state index in [2.05, 4.69) is 5.32 Å². The molecule has 0 spiro atoms. The van der Waals surface area contributed by atoms with E-state index < -0.39 is 6.10 Å². The van der Waals surface area contributed by atoms with Crippen molar-refractivity contribution in [3.8, 4) is 17.2 Å². The van der Waals surface area contributed by atoms with Gasteiger partial charge in [-0.1, -0.05) is 37.3 Å². The van der Waals surface area contributed by atoms with Crippen molar-refractivity contribution in [2.24, 2.45) is 0 Å². The molecule has 0 saturated heterocycles. The van der Waals surface area contributed by atoms with Gasteiger partial charge in [0.25, 0.3) is 5.91 Å². The lowest BCUT2D eigenvalue weighted by atomic mass is 10.2. The minimum absolute atomic E-state index is 0.300. The number of anilines is 1. The molecule has 0 aliphatic carbocycles. The second-order valence-corrected chi connectivity index (χ2v) is 5.87. The number of carbonyl (C=O) groups is 1. The highest BCUT2D eigenvalue weighted by molar-refractivity contribution is 5.95. The Morgan fingerprint density at radius 1 is 0.926 bits per heavy atom. The molecule has 3 aromatic rings. The average Bonchev–Trinajstić information content (AvgIpc) is 2.70. The van der Waals surface area contributed by atoms with E-state index in [1.165, 1.54) is 24.3 Å². The molecule has 0 aromatic heterocycles. The highest BCUT2D eigenvalue weighted by atomic mass is 19.1. The Bertz CT molecular complexity index is 882. The summed E-state index contributed by atoms with van der Waals surface area (Å²) >= 11 is 0. The first-order chi connectivity index (χ1) is 13.2. The molecule has 0 aliphatic heterocycles. The number of hydrogen-bond acceptors (Lipinski definition) is 3. The quantitative estimate of drug-likeness (QED) is 0.609. The number of hydrogen-bond donors (Lipinski definition) is 1. The Labute approximate surface area is 157 Å². The first kappa shape index (κ1) is 18.5. The van der Waals surface area contributed by atoms with E-state index in [-0.39, 0.29) is 11.7 Å². The van der Waals surface area contributed by atoms with Crippen molar-refractivity contribution < 1.29 is 18.7 Å². The maximum absolute atomic E-state index is 13.0. The van der Waals surface area contributed by atoms with E-state index in [4.69, 9.17) is 9.47 Å². The molecule has 1 N–H and O–H groups in total. The Kier molecular flexibility index (Phi) is 6.05. The topological polar surface area (TPSA) is 47.6 Å². The first-order valence-corrected chi connectivity index (χ1v) is 8.70. The number of para-hydroxylation sites is 3. The smallest absolute Gasteiger partial charge is 0.265 e. The summed E-state index contributed by atoms with van der Waals surface area (Å²) in [4.78, 5) is 12.7. The standard InChI is InChI=1S/C22H20FNO3/c1-2-20(26-18-14-12-16(23)13-15-18)22(25)24-19-10-6-7-11-21(19)27-17-8-4-3-5-9-17/h3-15,20H,2H2,1H3,(H,24,25)/t20-/m0/s1. The van der Waals surface area contributed by atoms with Crippen LogP contribution >= 0.6 is 0 Å². The summed E-state index contributed by atoms with van der Waals surface area (Å²) in [7, 11) is 0. The van der Waals surface area contributed by atoms with Crippen LogP contribution in [0.4, 0.5) is 10.1 Å². The third kappa shape index (κ3) is 5.07. The minimum Gasteiger partial charge on any atom is -0.481 e. The second-order valence-electron chi connectivity index (χ2n) is 5.87. The molecule has 1 amide bonds. The summed E-state index contributed by atoms with van der Waals surface area (Å²) in [6.45, 7) is 1.85. The first-order valence-electron chi connectivity index (χ1n) is 8.70. The zero-order valence-electron chi connectivity index (χ0n) is 14.9. The lowest BCUT2D eigenvalue weighted by Gasteiger charge is -2.18. The average molecular weight is 365 g/mol. The molecule has 0 bridgehead atoms. The minimum atomic E-state index is -0.708. The summed E-state index contributed by atoms with van der Waals surface area (Å²) in [5, 5.41) is 2.85. The van der Waals surface area contributed by atoms with Crippen LogP contribution in [-0.2, 0) is 4.79 Å². The largest absolute Gasteiger partial charge is 0.481 e. The molecule has 1 atom stereocenters. The lowest BCUT2D eigenvalue weighted by Crippen LogP contribution is -2.32. The van der Waals surface area contributed by atoms with Crippen molar-refractivity contribution in [1.82, 2.24) is 0 Å². The third-order valence-electron chi connectivity index (χ3n) is 3.87. The van der Waals surface area contributed by atoms with Crippen molar-refractivity contribution in [2.75, 3.05) is 5.32 Å². The number of rotatable bonds is 7. The Morgan fingerprint density at radius 2 is 1.59 bits per heavy atom. The summed E-state index contributed by atoms with van der Waals surface area (Å²) in [6.07, 6.45) is -0.245. The van der Waals surface area contributed by atoms with Gasteiger partial charge in [0.2, 0.25) is 0 Å². The van der Waals surface area contributed by atoms with Gasteiger partial charge >= 0.3 is 0 Å². The molecule has 5 heteroatoms. The van der Waals surface area contributed by atoms with E-state index in [0.29, 0.717) is 29.4 Å². The van der Waals surface area contributed by atoms with Crippen LogP contribution in [0.5, 0.6) is 17.2 Å². The molecular weight excluding hydrogens is 345 g/mol. The monoisotopic (exact) mass is 365 g/mol. The van der Waals surface area contributed by atoms with Gasteiger partial charge in [-0.3, -0.25) is 4.79 Å². The molecule has 27 heavy (non-hydrogen) atoms. The maximum atomic E-state index is 13.0. The van der Waals surface area contributed by atoms with Crippen LogP contribution in [0.15, 0.2) is 78.9 Å². The van der Waals surface area contributed by atoms with Crippen molar-refractivity contribution in [1.29, 1.82) is 0 Å². The molecule has 0 saturated carbocycles. The Balaban J connectivity index is 1.71. The molecule has 0 unspecified atom stereocenters. The molecule has 3 aromatic carbocycles. The molecule has 0 heterocycles. The van der Waals surface area contributed by atoms with Crippen molar-refractivity contribution >= 4 is 11.6 Å².